The number of likely N-dealkylation sites (tertiary alicyclic amines) is 1. The highest BCUT2D eigenvalue weighted by molar-refractivity contribution is 5.76. The molecular formula is C14H26N2O. The van der Waals surface area contributed by atoms with E-state index < -0.39 is 0 Å². The third kappa shape index (κ3) is 3.44. The van der Waals surface area contributed by atoms with E-state index in [-0.39, 0.29) is 0 Å². The maximum absolute atomic E-state index is 12.1. The summed E-state index contributed by atoms with van der Waals surface area (Å²) >= 11 is 0. The van der Waals surface area contributed by atoms with Crippen LogP contribution in [-0.4, -0.2) is 37.0 Å². The number of carbonyl (C=O) groups is 1. The number of carbonyl (C=O) groups excluding carboxylic acids is 1. The Morgan fingerprint density at radius 1 is 1.35 bits per heavy atom. The van der Waals surface area contributed by atoms with Crippen LogP contribution in [0.25, 0.3) is 0 Å². The van der Waals surface area contributed by atoms with Crippen LogP contribution in [0.2, 0.25) is 0 Å². The molecule has 1 aliphatic carbocycles. The molecule has 0 aromatic carbocycles. The Kier molecular flexibility index (Phi) is 4.43. The molecule has 0 aromatic heterocycles. The van der Waals surface area contributed by atoms with E-state index in [0.29, 0.717) is 11.9 Å². The normalized spacial score (nSPS) is 28.0. The molecule has 17 heavy (non-hydrogen) atoms. The highest BCUT2D eigenvalue weighted by Gasteiger charge is 2.33. The molecule has 0 bridgehead atoms. The molecule has 2 unspecified atom stereocenters. The van der Waals surface area contributed by atoms with Crippen molar-refractivity contribution in [1.82, 2.24) is 10.2 Å². The van der Waals surface area contributed by atoms with Gasteiger partial charge in [0.05, 0.1) is 0 Å². The Hall–Kier alpha value is -0.570. The van der Waals surface area contributed by atoms with E-state index in [9.17, 15) is 4.79 Å². The van der Waals surface area contributed by atoms with Gasteiger partial charge >= 0.3 is 0 Å². The quantitative estimate of drug-likeness (QED) is 0.795. The van der Waals surface area contributed by atoms with Crippen LogP contribution in [0.3, 0.4) is 0 Å². The van der Waals surface area contributed by atoms with Gasteiger partial charge in [0.1, 0.15) is 0 Å². The lowest BCUT2D eigenvalue weighted by Gasteiger charge is -2.26. The lowest BCUT2D eigenvalue weighted by molar-refractivity contribution is -0.131. The molecule has 3 nitrogen and oxygen atoms in total. The van der Waals surface area contributed by atoms with Crippen molar-refractivity contribution >= 4 is 5.91 Å². The Balaban J connectivity index is 1.87. The van der Waals surface area contributed by atoms with Crippen molar-refractivity contribution in [1.29, 1.82) is 0 Å². The molecule has 1 N–H and O–H groups in total. The Morgan fingerprint density at radius 2 is 2.12 bits per heavy atom. The van der Waals surface area contributed by atoms with E-state index in [0.717, 1.165) is 37.8 Å². The van der Waals surface area contributed by atoms with Gasteiger partial charge < -0.3 is 10.2 Å². The fraction of sp³-hybridized carbons (Fsp3) is 0.929. The smallest absolute Gasteiger partial charge is 0.222 e. The van der Waals surface area contributed by atoms with Crippen molar-refractivity contribution in [2.24, 2.45) is 11.8 Å². The molecule has 2 rings (SSSR count). The standard InChI is InChI=1S/C14H26N2O/c1-3-11-4-7-14(17)16(9-8-11)10-13(15-2)12-5-6-12/h11-13,15H,3-10H2,1-2H3. The van der Waals surface area contributed by atoms with E-state index in [1.165, 1.54) is 25.7 Å². The monoisotopic (exact) mass is 238 g/mol. The second-order valence-corrected chi connectivity index (χ2v) is 5.67. The zero-order valence-corrected chi connectivity index (χ0v) is 11.2. The number of rotatable bonds is 5. The zero-order valence-electron chi connectivity index (χ0n) is 11.2. The lowest BCUT2D eigenvalue weighted by Crippen LogP contribution is -2.43. The summed E-state index contributed by atoms with van der Waals surface area (Å²) in [6, 6.07) is 0.525. The second kappa shape index (κ2) is 5.85. The summed E-state index contributed by atoms with van der Waals surface area (Å²) in [7, 11) is 2.03. The molecule has 0 radical (unpaired) electrons. The molecule has 2 atom stereocenters. The first kappa shape index (κ1) is 12.9. The van der Waals surface area contributed by atoms with Crippen LogP contribution in [-0.2, 0) is 4.79 Å². The predicted molar refractivity (Wildman–Crippen MR) is 69.8 cm³/mol. The largest absolute Gasteiger partial charge is 0.341 e. The summed E-state index contributed by atoms with van der Waals surface area (Å²) in [6.45, 7) is 4.14. The van der Waals surface area contributed by atoms with Gasteiger partial charge in [-0.15, -0.1) is 0 Å². The van der Waals surface area contributed by atoms with E-state index >= 15 is 0 Å². The first-order valence-electron chi connectivity index (χ1n) is 7.19. The van der Waals surface area contributed by atoms with Gasteiger partial charge in [0.15, 0.2) is 0 Å². The molecule has 98 valence electrons. The number of nitrogens with zero attached hydrogens (tertiary/aromatic N) is 1. The maximum Gasteiger partial charge on any atom is 0.222 e. The van der Waals surface area contributed by atoms with Gasteiger partial charge in [-0.25, -0.2) is 0 Å². The number of hydrogen-bond acceptors (Lipinski definition) is 2. The lowest BCUT2D eigenvalue weighted by atomic mass is 9.98. The van der Waals surface area contributed by atoms with Crippen LogP contribution in [0.15, 0.2) is 0 Å². The Labute approximate surface area is 105 Å². The van der Waals surface area contributed by atoms with Gasteiger partial charge in [-0.1, -0.05) is 13.3 Å². The van der Waals surface area contributed by atoms with Gasteiger partial charge in [-0.2, -0.15) is 0 Å². The summed E-state index contributed by atoms with van der Waals surface area (Å²) < 4.78 is 0. The molecule has 1 saturated carbocycles. The Morgan fingerprint density at radius 3 is 2.71 bits per heavy atom. The molecule has 3 heteroatoms. The van der Waals surface area contributed by atoms with Crippen LogP contribution in [0.4, 0.5) is 0 Å². The van der Waals surface area contributed by atoms with Gasteiger partial charge in [0, 0.05) is 25.6 Å². The van der Waals surface area contributed by atoms with Crippen molar-refractivity contribution in [2.45, 2.75) is 51.5 Å². The molecule has 2 fully saturated rings. The van der Waals surface area contributed by atoms with Crippen molar-refractivity contribution in [3.8, 4) is 0 Å². The van der Waals surface area contributed by atoms with Crippen molar-refractivity contribution in [2.75, 3.05) is 20.1 Å². The SMILES string of the molecule is CCC1CCC(=O)N(CC(NC)C2CC2)CC1. The van der Waals surface area contributed by atoms with Gasteiger partial charge in [0.25, 0.3) is 0 Å². The van der Waals surface area contributed by atoms with E-state index in [4.69, 9.17) is 0 Å². The zero-order chi connectivity index (χ0) is 12.3. The summed E-state index contributed by atoms with van der Waals surface area (Å²) in [4.78, 5) is 14.2. The van der Waals surface area contributed by atoms with Crippen LogP contribution in [0, 0.1) is 11.8 Å². The molecule has 1 saturated heterocycles. The minimum absolute atomic E-state index is 0.377. The summed E-state index contributed by atoms with van der Waals surface area (Å²) in [5.41, 5.74) is 0. The van der Waals surface area contributed by atoms with E-state index in [2.05, 4.69) is 17.1 Å². The minimum atomic E-state index is 0.377. The fourth-order valence-corrected chi connectivity index (χ4v) is 2.91. The second-order valence-electron chi connectivity index (χ2n) is 5.67. The third-order valence-corrected chi connectivity index (χ3v) is 4.48. The van der Waals surface area contributed by atoms with Crippen molar-refractivity contribution in [3.63, 3.8) is 0 Å². The number of hydrogen-bond donors (Lipinski definition) is 1. The molecule has 2 aliphatic rings. The third-order valence-electron chi connectivity index (χ3n) is 4.48. The maximum atomic E-state index is 12.1. The average molecular weight is 238 g/mol. The van der Waals surface area contributed by atoms with Crippen LogP contribution >= 0.6 is 0 Å². The van der Waals surface area contributed by atoms with Crippen LogP contribution < -0.4 is 5.32 Å². The highest BCUT2D eigenvalue weighted by atomic mass is 16.2. The van der Waals surface area contributed by atoms with Gasteiger partial charge in [-0.05, 0) is 44.6 Å². The molecule has 0 aromatic rings. The van der Waals surface area contributed by atoms with Crippen molar-refractivity contribution in [3.05, 3.63) is 0 Å². The summed E-state index contributed by atoms with van der Waals surface area (Å²) in [5.74, 6) is 1.96. The number of nitrogens with one attached hydrogen (secondary N) is 1. The van der Waals surface area contributed by atoms with Gasteiger partial charge in [-0.3, -0.25) is 4.79 Å². The van der Waals surface area contributed by atoms with Crippen LogP contribution in [0.1, 0.15) is 45.4 Å². The molecule has 1 aliphatic heterocycles. The molecule has 0 spiro atoms. The topological polar surface area (TPSA) is 32.3 Å². The van der Waals surface area contributed by atoms with Gasteiger partial charge in [0.2, 0.25) is 5.91 Å². The first-order chi connectivity index (χ1) is 8.24. The van der Waals surface area contributed by atoms with Crippen LogP contribution in [0.5, 0.6) is 0 Å². The minimum Gasteiger partial charge on any atom is -0.341 e. The number of amides is 1. The predicted octanol–water partition coefficient (Wildman–Crippen LogP) is 2.02. The first-order valence-corrected chi connectivity index (χ1v) is 7.19. The molecule has 1 amide bonds. The number of likely N-dealkylation sites (N-methyl/N-ethyl adjacent to an activating group) is 1. The summed E-state index contributed by atoms with van der Waals surface area (Å²) in [6.07, 6.45) is 6.96. The highest BCUT2D eigenvalue weighted by Crippen LogP contribution is 2.33. The molecule has 1 heterocycles. The Bertz CT molecular complexity index is 263. The molecular weight excluding hydrogens is 212 g/mol. The average Bonchev–Trinajstić information content (AvgIpc) is 3.16. The van der Waals surface area contributed by atoms with E-state index in [1.807, 2.05) is 7.05 Å². The van der Waals surface area contributed by atoms with E-state index in [1.54, 1.807) is 0 Å². The summed E-state index contributed by atoms with van der Waals surface area (Å²) in [5, 5.41) is 3.38. The fourth-order valence-electron chi connectivity index (χ4n) is 2.91. The van der Waals surface area contributed by atoms with Crippen molar-refractivity contribution < 1.29 is 4.79 Å².